The lowest BCUT2D eigenvalue weighted by Gasteiger charge is -2.09. The third-order valence-corrected chi connectivity index (χ3v) is 3.64. The number of benzene rings is 1. The molecule has 2 aromatic heterocycles. The van der Waals surface area contributed by atoms with Crippen LogP contribution in [-0.2, 0) is 11.3 Å². The van der Waals surface area contributed by atoms with Crippen LogP contribution in [0.15, 0.2) is 65.7 Å². The molecule has 8 heteroatoms. The average molecular weight is 368 g/mol. The van der Waals surface area contributed by atoms with E-state index < -0.39 is 0 Å². The molecule has 0 saturated carbocycles. The molecule has 1 N–H and O–H groups in total. The number of nitrogens with zero attached hydrogens (tertiary/aromatic N) is 3. The first-order valence-corrected chi connectivity index (χ1v) is 8.25. The molecule has 0 unspecified atom stereocenters. The number of hydrogen-bond donors (Lipinski definition) is 1. The monoisotopic (exact) mass is 368 g/mol. The molecule has 138 valence electrons. The summed E-state index contributed by atoms with van der Waals surface area (Å²) in [6.45, 7) is 0.264. The minimum absolute atomic E-state index is 0.200. The van der Waals surface area contributed by atoms with Crippen LogP contribution in [0.1, 0.15) is 0 Å². The number of carbonyl (C=O) groups is 1. The van der Waals surface area contributed by atoms with Crippen LogP contribution in [0.5, 0.6) is 5.75 Å². The Bertz CT molecular complexity index is 959. The van der Waals surface area contributed by atoms with Crippen molar-refractivity contribution in [2.75, 3.05) is 13.2 Å². The number of carbonyl (C=O) groups excluding carboxylic acids is 1. The lowest BCUT2D eigenvalue weighted by Crippen LogP contribution is -2.35. The Morgan fingerprint density at radius 1 is 1.07 bits per heavy atom. The predicted molar refractivity (Wildman–Crippen MR) is 96.6 cm³/mol. The molecule has 0 radical (unpaired) electrons. The highest BCUT2D eigenvalue weighted by atomic mass is 19.1. The molecular formula is C19H17FN4O3. The second kappa shape index (κ2) is 8.70. The molecule has 0 aliphatic rings. The summed E-state index contributed by atoms with van der Waals surface area (Å²) in [6, 6.07) is 12.1. The molecule has 3 rings (SSSR count). The summed E-state index contributed by atoms with van der Waals surface area (Å²) in [5, 5.41) is 6.87. The van der Waals surface area contributed by atoms with Crippen molar-refractivity contribution in [1.29, 1.82) is 0 Å². The highest BCUT2D eigenvalue weighted by Crippen LogP contribution is 2.13. The Morgan fingerprint density at radius 2 is 1.81 bits per heavy atom. The number of amides is 1. The predicted octanol–water partition coefficient (Wildman–Crippen LogP) is 1.64. The quantitative estimate of drug-likeness (QED) is 0.641. The summed E-state index contributed by atoms with van der Waals surface area (Å²) >= 11 is 0. The summed E-state index contributed by atoms with van der Waals surface area (Å²) in [6.07, 6.45) is 3.25. The van der Waals surface area contributed by atoms with Crippen molar-refractivity contribution in [3.05, 3.63) is 77.1 Å². The zero-order valence-electron chi connectivity index (χ0n) is 14.3. The van der Waals surface area contributed by atoms with Crippen LogP contribution in [0, 0.1) is 5.82 Å². The van der Waals surface area contributed by atoms with Crippen molar-refractivity contribution in [3.63, 3.8) is 0 Å². The van der Waals surface area contributed by atoms with E-state index in [-0.39, 0.29) is 37.0 Å². The van der Waals surface area contributed by atoms with E-state index in [0.717, 1.165) is 10.2 Å². The molecule has 27 heavy (non-hydrogen) atoms. The summed E-state index contributed by atoms with van der Waals surface area (Å²) in [4.78, 5) is 27.9. The van der Waals surface area contributed by atoms with Crippen molar-refractivity contribution in [1.82, 2.24) is 20.1 Å². The molecule has 2 heterocycles. The fourth-order valence-corrected chi connectivity index (χ4v) is 2.32. The summed E-state index contributed by atoms with van der Waals surface area (Å²) in [7, 11) is 0. The molecular weight excluding hydrogens is 351 g/mol. The first-order valence-electron chi connectivity index (χ1n) is 8.25. The minimum atomic E-state index is -0.370. The van der Waals surface area contributed by atoms with E-state index in [1.54, 1.807) is 30.6 Å². The van der Waals surface area contributed by atoms with Crippen molar-refractivity contribution in [2.45, 2.75) is 6.54 Å². The Labute approximate surface area is 154 Å². The van der Waals surface area contributed by atoms with Crippen LogP contribution >= 0.6 is 0 Å². The summed E-state index contributed by atoms with van der Waals surface area (Å²) in [5.41, 5.74) is 1.00. The highest BCUT2D eigenvalue weighted by molar-refractivity contribution is 5.75. The van der Waals surface area contributed by atoms with Gasteiger partial charge in [0.2, 0.25) is 5.91 Å². The van der Waals surface area contributed by atoms with Gasteiger partial charge in [-0.15, -0.1) is 0 Å². The first-order chi connectivity index (χ1) is 13.1. The molecule has 0 atom stereocenters. The standard InChI is InChI=1S/C19H17FN4O3/c20-15-1-3-16(4-2-15)27-12-11-22-18(25)13-24-19(26)6-5-17(23-24)14-7-9-21-10-8-14/h1-10H,11-13H2,(H,22,25). The largest absolute Gasteiger partial charge is 0.492 e. The average Bonchev–Trinajstić information content (AvgIpc) is 2.69. The van der Waals surface area contributed by atoms with Crippen LogP contribution in [0.3, 0.4) is 0 Å². The third kappa shape index (κ3) is 5.21. The lowest BCUT2D eigenvalue weighted by molar-refractivity contribution is -0.122. The molecule has 0 aliphatic carbocycles. The first kappa shape index (κ1) is 18.2. The van der Waals surface area contributed by atoms with Gasteiger partial charge in [0.05, 0.1) is 12.2 Å². The van der Waals surface area contributed by atoms with E-state index in [1.807, 2.05) is 0 Å². The topological polar surface area (TPSA) is 86.1 Å². The van der Waals surface area contributed by atoms with Gasteiger partial charge in [0.25, 0.3) is 5.56 Å². The van der Waals surface area contributed by atoms with E-state index in [9.17, 15) is 14.0 Å². The van der Waals surface area contributed by atoms with Crippen LogP contribution in [0.25, 0.3) is 11.3 Å². The van der Waals surface area contributed by atoms with Crippen LogP contribution in [0.2, 0.25) is 0 Å². The molecule has 0 spiro atoms. The Morgan fingerprint density at radius 3 is 2.56 bits per heavy atom. The molecule has 7 nitrogen and oxygen atoms in total. The van der Waals surface area contributed by atoms with E-state index in [1.165, 1.54) is 30.3 Å². The van der Waals surface area contributed by atoms with Crippen LogP contribution in [-0.4, -0.2) is 33.8 Å². The van der Waals surface area contributed by atoms with Gasteiger partial charge in [-0.05, 0) is 42.5 Å². The van der Waals surface area contributed by atoms with Crippen molar-refractivity contribution >= 4 is 5.91 Å². The lowest BCUT2D eigenvalue weighted by atomic mass is 10.2. The second-order valence-electron chi connectivity index (χ2n) is 5.60. The van der Waals surface area contributed by atoms with Gasteiger partial charge in [0.15, 0.2) is 0 Å². The molecule has 3 aromatic rings. The van der Waals surface area contributed by atoms with Gasteiger partial charge in [-0.2, -0.15) is 5.10 Å². The smallest absolute Gasteiger partial charge is 0.267 e. The van der Waals surface area contributed by atoms with Gasteiger partial charge >= 0.3 is 0 Å². The number of pyridine rings is 1. The molecule has 0 bridgehead atoms. The molecule has 0 saturated heterocycles. The maximum absolute atomic E-state index is 12.8. The number of aromatic nitrogens is 3. The second-order valence-corrected chi connectivity index (χ2v) is 5.60. The van der Waals surface area contributed by atoms with Gasteiger partial charge in [0.1, 0.15) is 24.7 Å². The normalized spacial score (nSPS) is 10.4. The van der Waals surface area contributed by atoms with Crippen molar-refractivity contribution < 1.29 is 13.9 Å². The maximum Gasteiger partial charge on any atom is 0.267 e. The van der Waals surface area contributed by atoms with E-state index in [4.69, 9.17) is 4.74 Å². The van der Waals surface area contributed by atoms with E-state index >= 15 is 0 Å². The van der Waals surface area contributed by atoms with Crippen LogP contribution in [0.4, 0.5) is 4.39 Å². The van der Waals surface area contributed by atoms with E-state index in [2.05, 4.69) is 15.4 Å². The molecule has 1 aromatic carbocycles. The Kier molecular flexibility index (Phi) is 5.88. The summed E-state index contributed by atoms with van der Waals surface area (Å²) in [5.74, 6) is -0.199. The van der Waals surface area contributed by atoms with Gasteiger partial charge in [0, 0.05) is 24.0 Å². The number of halogens is 1. The third-order valence-electron chi connectivity index (χ3n) is 3.64. The molecule has 0 fully saturated rings. The zero-order chi connectivity index (χ0) is 19.1. The van der Waals surface area contributed by atoms with Gasteiger partial charge in [-0.1, -0.05) is 0 Å². The summed E-state index contributed by atoms with van der Waals surface area (Å²) < 4.78 is 19.3. The van der Waals surface area contributed by atoms with Gasteiger partial charge in [-0.25, -0.2) is 9.07 Å². The fourth-order valence-electron chi connectivity index (χ4n) is 2.32. The highest BCUT2D eigenvalue weighted by Gasteiger charge is 2.08. The van der Waals surface area contributed by atoms with Crippen molar-refractivity contribution in [3.8, 4) is 17.0 Å². The SMILES string of the molecule is O=C(Cn1nc(-c2ccncc2)ccc1=O)NCCOc1ccc(F)cc1. The van der Waals surface area contributed by atoms with Gasteiger partial charge in [-0.3, -0.25) is 14.6 Å². The fraction of sp³-hybridized carbons (Fsp3) is 0.158. The number of ether oxygens (including phenoxy) is 1. The van der Waals surface area contributed by atoms with Crippen molar-refractivity contribution in [2.24, 2.45) is 0 Å². The number of hydrogen-bond acceptors (Lipinski definition) is 5. The Hall–Kier alpha value is -3.55. The number of rotatable bonds is 7. The maximum atomic E-state index is 12.8. The molecule has 0 aliphatic heterocycles. The van der Waals surface area contributed by atoms with Crippen LogP contribution < -0.4 is 15.6 Å². The number of nitrogens with one attached hydrogen (secondary N) is 1. The zero-order valence-corrected chi connectivity index (χ0v) is 14.3. The minimum Gasteiger partial charge on any atom is -0.492 e. The van der Waals surface area contributed by atoms with E-state index in [0.29, 0.717) is 11.4 Å². The molecule has 1 amide bonds. The Balaban J connectivity index is 1.53. The van der Waals surface area contributed by atoms with Gasteiger partial charge < -0.3 is 10.1 Å².